The lowest BCUT2D eigenvalue weighted by Gasteiger charge is -2.31. The minimum atomic E-state index is -0.178. The van der Waals surface area contributed by atoms with Crippen LogP contribution in [0.5, 0.6) is 0 Å². The van der Waals surface area contributed by atoms with Crippen LogP contribution >= 0.6 is 0 Å². The smallest absolute Gasteiger partial charge is 0.308 e. The molecule has 1 saturated heterocycles. The number of rotatable bonds is 8. The molecule has 0 aromatic heterocycles. The fourth-order valence-corrected chi connectivity index (χ4v) is 3.81. The molecule has 0 aromatic carbocycles. The lowest BCUT2D eigenvalue weighted by atomic mass is 9.87. The molecule has 0 radical (unpaired) electrons. The molecule has 8 heteroatoms. The van der Waals surface area contributed by atoms with Crippen molar-refractivity contribution in [1.82, 2.24) is 4.90 Å². The predicted molar refractivity (Wildman–Crippen MR) is 93.1 cm³/mol. The molecule has 1 aliphatic carbocycles. The first kappa shape index (κ1) is 20.0. The molecule has 2 rings (SSSR count). The molecule has 142 valence electrons. The fourth-order valence-electron chi connectivity index (χ4n) is 3.81. The van der Waals surface area contributed by atoms with Crippen molar-refractivity contribution in [2.75, 3.05) is 33.4 Å². The topological polar surface area (TPSA) is 96.8 Å². The van der Waals surface area contributed by atoms with Gasteiger partial charge in [-0.2, -0.15) is 0 Å². The average Bonchev–Trinajstić information content (AvgIpc) is 2.89. The Kier molecular flexibility index (Phi) is 7.96. The van der Waals surface area contributed by atoms with E-state index < -0.39 is 0 Å². The Labute approximate surface area is 149 Å². The second-order valence-electron chi connectivity index (χ2n) is 6.76. The number of likely N-dealkylation sites (N-methyl/N-ethyl adjacent to an activating group) is 1. The van der Waals surface area contributed by atoms with Gasteiger partial charge in [0, 0.05) is 18.1 Å². The average molecular weight is 354 g/mol. The van der Waals surface area contributed by atoms with E-state index in [1.807, 2.05) is 20.9 Å². The van der Waals surface area contributed by atoms with E-state index in [9.17, 15) is 4.79 Å². The summed E-state index contributed by atoms with van der Waals surface area (Å²) in [4.78, 5) is 16.9. The highest BCUT2D eigenvalue weighted by Crippen LogP contribution is 2.29. The number of carbonyl (C=O) groups is 1. The highest BCUT2D eigenvalue weighted by Gasteiger charge is 2.41. The molecule has 0 amide bonds. The molecule has 25 heavy (non-hydrogen) atoms. The molecule has 2 fully saturated rings. The first-order valence-electron chi connectivity index (χ1n) is 9.24. The molecule has 0 bridgehead atoms. The van der Waals surface area contributed by atoms with Crippen LogP contribution in [0.4, 0.5) is 0 Å². The highest BCUT2D eigenvalue weighted by molar-refractivity contribution is 5.72. The molecule has 1 heterocycles. The van der Waals surface area contributed by atoms with Crippen LogP contribution in [0.2, 0.25) is 0 Å². The third kappa shape index (κ3) is 5.31. The van der Waals surface area contributed by atoms with Crippen molar-refractivity contribution in [3.63, 3.8) is 0 Å². The zero-order valence-corrected chi connectivity index (χ0v) is 15.5. The van der Waals surface area contributed by atoms with Crippen molar-refractivity contribution in [3.8, 4) is 0 Å². The summed E-state index contributed by atoms with van der Waals surface area (Å²) in [7, 11) is 2.00. The largest absolute Gasteiger partial charge is 0.466 e. The van der Waals surface area contributed by atoms with Crippen LogP contribution in [0.25, 0.3) is 10.4 Å². The normalized spacial score (nSPS) is 33.0. The summed E-state index contributed by atoms with van der Waals surface area (Å²) in [5.41, 5.74) is 8.74. The van der Waals surface area contributed by atoms with Gasteiger partial charge in [0.25, 0.3) is 0 Å². The van der Waals surface area contributed by atoms with Crippen molar-refractivity contribution >= 4 is 5.97 Å². The van der Waals surface area contributed by atoms with E-state index in [2.05, 4.69) is 14.9 Å². The number of ether oxygens (including phenoxy) is 3. The number of carbonyl (C=O) groups excluding carboxylic acids is 1. The van der Waals surface area contributed by atoms with E-state index in [4.69, 9.17) is 19.7 Å². The minimum absolute atomic E-state index is 0.0134. The minimum Gasteiger partial charge on any atom is -0.466 e. The lowest BCUT2D eigenvalue weighted by Crippen LogP contribution is -2.41. The van der Waals surface area contributed by atoms with Crippen molar-refractivity contribution in [2.45, 2.75) is 63.8 Å². The van der Waals surface area contributed by atoms with Gasteiger partial charge < -0.3 is 14.2 Å². The van der Waals surface area contributed by atoms with Gasteiger partial charge in [-0.3, -0.25) is 9.69 Å². The van der Waals surface area contributed by atoms with Gasteiger partial charge in [0.1, 0.15) is 0 Å². The number of hydrogen-bond donors (Lipinski definition) is 0. The van der Waals surface area contributed by atoms with E-state index in [0.29, 0.717) is 26.4 Å². The molecule has 2 aliphatic rings. The fraction of sp³-hybridized carbons (Fsp3) is 0.941. The van der Waals surface area contributed by atoms with Crippen LogP contribution < -0.4 is 0 Å². The number of esters is 1. The Hall–Kier alpha value is -1.34. The molecular formula is C17H30N4O4. The van der Waals surface area contributed by atoms with E-state index >= 15 is 0 Å². The van der Waals surface area contributed by atoms with Crippen molar-refractivity contribution in [2.24, 2.45) is 11.0 Å². The first-order chi connectivity index (χ1) is 12.1. The zero-order valence-electron chi connectivity index (χ0n) is 15.5. The standard InChI is InChI=1S/C17H30N4O4/c1-4-23-16-14(19-20-18)10-21(3)15(16)11-25-13-8-6-12(7-9-13)17(22)24-5-2/h12-16H,4-11H2,1-3H3/t12-,13-,14-,15-,16+/m1/s1. The molecule has 0 N–H and O–H groups in total. The Morgan fingerprint density at radius 2 is 1.92 bits per heavy atom. The van der Waals surface area contributed by atoms with Crippen molar-refractivity contribution < 1.29 is 19.0 Å². The second kappa shape index (κ2) is 9.97. The second-order valence-corrected chi connectivity index (χ2v) is 6.76. The summed E-state index contributed by atoms with van der Waals surface area (Å²) in [6.07, 6.45) is 3.42. The third-order valence-electron chi connectivity index (χ3n) is 5.16. The maximum absolute atomic E-state index is 11.8. The Morgan fingerprint density at radius 1 is 1.20 bits per heavy atom. The van der Waals surface area contributed by atoms with Gasteiger partial charge in [-0.05, 0) is 52.1 Å². The molecular weight excluding hydrogens is 324 g/mol. The van der Waals surface area contributed by atoms with Gasteiger partial charge in [-0.15, -0.1) is 0 Å². The summed E-state index contributed by atoms with van der Waals surface area (Å²) >= 11 is 0. The van der Waals surface area contributed by atoms with Gasteiger partial charge in [0.15, 0.2) is 0 Å². The maximum atomic E-state index is 11.8. The maximum Gasteiger partial charge on any atom is 0.308 e. The Balaban J connectivity index is 1.82. The number of nitrogens with zero attached hydrogens (tertiary/aromatic N) is 4. The molecule has 1 aliphatic heterocycles. The van der Waals surface area contributed by atoms with Gasteiger partial charge in [-0.25, -0.2) is 0 Å². The molecule has 8 nitrogen and oxygen atoms in total. The zero-order chi connectivity index (χ0) is 18.2. The van der Waals surface area contributed by atoms with Gasteiger partial charge >= 0.3 is 5.97 Å². The van der Waals surface area contributed by atoms with E-state index in [0.717, 1.165) is 25.7 Å². The summed E-state index contributed by atoms with van der Waals surface area (Å²) in [6, 6.07) is -0.0960. The van der Waals surface area contributed by atoms with Crippen LogP contribution in [0.3, 0.4) is 0 Å². The summed E-state index contributed by atoms with van der Waals surface area (Å²) in [5.74, 6) is -0.0652. The molecule has 0 spiro atoms. The first-order valence-corrected chi connectivity index (χ1v) is 9.24. The monoisotopic (exact) mass is 354 g/mol. The number of hydrogen-bond acceptors (Lipinski definition) is 6. The summed E-state index contributed by atoms with van der Waals surface area (Å²) < 4.78 is 17.0. The van der Waals surface area contributed by atoms with Crippen molar-refractivity contribution in [3.05, 3.63) is 10.4 Å². The number of azide groups is 1. The quantitative estimate of drug-likeness (QED) is 0.289. The van der Waals surface area contributed by atoms with E-state index in [1.54, 1.807) is 0 Å². The van der Waals surface area contributed by atoms with Crippen molar-refractivity contribution in [1.29, 1.82) is 0 Å². The molecule has 1 saturated carbocycles. The van der Waals surface area contributed by atoms with E-state index in [1.165, 1.54) is 0 Å². The van der Waals surface area contributed by atoms with Crippen LogP contribution in [-0.4, -0.2) is 68.6 Å². The Morgan fingerprint density at radius 3 is 2.52 bits per heavy atom. The van der Waals surface area contributed by atoms with Gasteiger partial charge in [-0.1, -0.05) is 5.11 Å². The van der Waals surface area contributed by atoms with Crippen LogP contribution in [0.1, 0.15) is 39.5 Å². The Bertz CT molecular complexity index is 475. The molecule has 0 unspecified atom stereocenters. The molecule has 0 aromatic rings. The summed E-state index contributed by atoms with van der Waals surface area (Å²) in [6.45, 7) is 6.03. The SMILES string of the molecule is CCOC(=O)[C@H]1CC[C@H](OC[C@@H]2[C@@H](OCC)[C@H](N=[N+]=[N-])CN2C)CC1. The number of likely N-dealkylation sites (tertiary alicyclic amines) is 1. The lowest BCUT2D eigenvalue weighted by molar-refractivity contribution is -0.150. The van der Waals surface area contributed by atoms with Gasteiger partial charge in [0.05, 0.1) is 43.4 Å². The van der Waals surface area contributed by atoms with Crippen LogP contribution in [-0.2, 0) is 19.0 Å². The van der Waals surface area contributed by atoms with Crippen LogP contribution in [0, 0.1) is 5.92 Å². The van der Waals surface area contributed by atoms with Gasteiger partial charge in [0.2, 0.25) is 0 Å². The molecule has 3 atom stereocenters. The summed E-state index contributed by atoms with van der Waals surface area (Å²) in [5, 5.41) is 3.87. The predicted octanol–water partition coefficient (Wildman–Crippen LogP) is 2.52. The third-order valence-corrected chi connectivity index (χ3v) is 5.16. The van der Waals surface area contributed by atoms with E-state index in [-0.39, 0.29) is 36.2 Å². The van der Waals surface area contributed by atoms with Crippen LogP contribution in [0.15, 0.2) is 5.11 Å². The highest BCUT2D eigenvalue weighted by atomic mass is 16.5.